The molecule has 0 aromatic carbocycles. The van der Waals surface area contributed by atoms with Crippen LogP contribution in [0.3, 0.4) is 0 Å². The number of alkyl halides is 2. The Morgan fingerprint density at radius 2 is 2.00 bits per heavy atom. The Hall–Kier alpha value is -0.670. The molecule has 70 valence electrons. The van der Waals surface area contributed by atoms with Gasteiger partial charge in [-0.15, -0.1) is 0 Å². The molecule has 1 heterocycles. The minimum absolute atomic E-state index is 0.378. The third kappa shape index (κ3) is 1.42. The van der Waals surface area contributed by atoms with Crippen LogP contribution in [0, 0.1) is 0 Å². The maximum atomic E-state index is 12.5. The van der Waals surface area contributed by atoms with E-state index in [2.05, 4.69) is 0 Å². The predicted molar refractivity (Wildman–Crippen MR) is 41.0 cm³/mol. The van der Waals surface area contributed by atoms with Crippen molar-refractivity contribution in [1.82, 2.24) is 4.90 Å². The Morgan fingerprint density at radius 1 is 1.50 bits per heavy atom. The average molecular weight is 177 g/mol. The van der Waals surface area contributed by atoms with Crippen molar-refractivity contribution >= 4 is 5.91 Å². The number of rotatable bonds is 1. The van der Waals surface area contributed by atoms with Gasteiger partial charge in [0, 0.05) is 19.0 Å². The van der Waals surface area contributed by atoms with E-state index in [1.54, 1.807) is 13.8 Å². The van der Waals surface area contributed by atoms with Crippen molar-refractivity contribution in [2.45, 2.75) is 38.7 Å². The number of halogens is 2. The van der Waals surface area contributed by atoms with Crippen LogP contribution in [0.25, 0.3) is 0 Å². The third-order valence-corrected chi connectivity index (χ3v) is 2.30. The molecule has 0 N–H and O–H groups in total. The predicted octanol–water partition coefficient (Wildman–Crippen LogP) is 1.65. The van der Waals surface area contributed by atoms with Crippen LogP contribution in [-0.4, -0.2) is 28.8 Å². The number of carbonyl (C=O) groups excluding carboxylic acids is 1. The van der Waals surface area contributed by atoms with Crippen LogP contribution in [-0.2, 0) is 4.79 Å². The van der Waals surface area contributed by atoms with Crippen molar-refractivity contribution in [3.05, 3.63) is 0 Å². The van der Waals surface area contributed by atoms with Gasteiger partial charge in [0.2, 0.25) is 0 Å². The second-order valence-electron chi connectivity index (χ2n) is 3.91. The third-order valence-electron chi connectivity index (χ3n) is 2.30. The van der Waals surface area contributed by atoms with Gasteiger partial charge < -0.3 is 4.90 Å². The van der Waals surface area contributed by atoms with E-state index in [9.17, 15) is 13.6 Å². The smallest absolute Gasteiger partial charge is 0.322 e. The molecule has 0 aromatic heterocycles. The van der Waals surface area contributed by atoms with Gasteiger partial charge in [0.15, 0.2) is 0 Å². The summed E-state index contributed by atoms with van der Waals surface area (Å²) >= 11 is 0. The molecule has 0 bridgehead atoms. The fourth-order valence-electron chi connectivity index (χ4n) is 1.28. The number of hydrogen-bond acceptors (Lipinski definition) is 1. The maximum Gasteiger partial charge on any atom is 0.322 e. The first-order chi connectivity index (χ1) is 5.25. The topological polar surface area (TPSA) is 20.3 Å². The van der Waals surface area contributed by atoms with Crippen molar-refractivity contribution < 1.29 is 13.6 Å². The largest absolute Gasteiger partial charge is 0.332 e. The van der Waals surface area contributed by atoms with E-state index in [0.717, 1.165) is 6.42 Å². The van der Waals surface area contributed by atoms with Crippen LogP contribution in [0.15, 0.2) is 0 Å². The second kappa shape index (κ2) is 2.41. The molecule has 1 aliphatic heterocycles. The number of nitrogens with zero attached hydrogens (tertiary/aromatic N) is 1. The Morgan fingerprint density at radius 3 is 2.08 bits per heavy atom. The van der Waals surface area contributed by atoms with E-state index in [4.69, 9.17) is 0 Å². The van der Waals surface area contributed by atoms with Gasteiger partial charge >= 0.3 is 5.92 Å². The van der Waals surface area contributed by atoms with Gasteiger partial charge in [0.1, 0.15) is 0 Å². The monoisotopic (exact) mass is 177 g/mol. The molecule has 1 saturated heterocycles. The molecule has 0 unspecified atom stereocenters. The fraction of sp³-hybridized carbons (Fsp3) is 0.875. The maximum absolute atomic E-state index is 12.5. The van der Waals surface area contributed by atoms with Gasteiger partial charge in [-0.25, -0.2) is 0 Å². The van der Waals surface area contributed by atoms with Crippen LogP contribution in [0.5, 0.6) is 0 Å². The van der Waals surface area contributed by atoms with Crippen molar-refractivity contribution in [1.29, 1.82) is 0 Å². The summed E-state index contributed by atoms with van der Waals surface area (Å²) in [5.74, 6) is -4.28. The molecule has 2 nitrogen and oxygen atoms in total. The van der Waals surface area contributed by atoms with Crippen LogP contribution in [0.4, 0.5) is 8.78 Å². The zero-order valence-corrected chi connectivity index (χ0v) is 7.53. The minimum Gasteiger partial charge on any atom is -0.332 e. The summed E-state index contributed by atoms with van der Waals surface area (Å²) in [5, 5.41) is 0. The molecule has 0 radical (unpaired) electrons. The molecular weight excluding hydrogens is 164 g/mol. The lowest BCUT2D eigenvalue weighted by Crippen LogP contribution is -2.61. The quantitative estimate of drug-likeness (QED) is 0.596. The SMILES string of the molecule is CC(F)(F)C(=O)N1CCC1(C)C. The summed E-state index contributed by atoms with van der Waals surface area (Å²) in [5.41, 5.74) is -0.378. The number of amides is 1. The van der Waals surface area contributed by atoms with E-state index < -0.39 is 11.8 Å². The summed E-state index contributed by atoms with van der Waals surface area (Å²) in [6.07, 6.45) is 0.800. The van der Waals surface area contributed by atoms with E-state index in [0.29, 0.717) is 13.5 Å². The Balaban J connectivity index is 2.67. The highest BCUT2D eigenvalue weighted by Gasteiger charge is 2.47. The number of carbonyl (C=O) groups is 1. The van der Waals surface area contributed by atoms with E-state index in [1.165, 1.54) is 4.90 Å². The average Bonchev–Trinajstić information content (AvgIpc) is 1.83. The van der Waals surface area contributed by atoms with Gasteiger partial charge in [-0.3, -0.25) is 4.79 Å². The zero-order chi connectivity index (χ0) is 9.57. The van der Waals surface area contributed by atoms with E-state index >= 15 is 0 Å². The highest BCUT2D eigenvalue weighted by atomic mass is 19.3. The molecule has 1 rings (SSSR count). The molecular formula is C8H13F2NO. The molecule has 0 aromatic rings. The molecule has 1 fully saturated rings. The van der Waals surface area contributed by atoms with Gasteiger partial charge in [0.25, 0.3) is 5.91 Å². The lowest BCUT2D eigenvalue weighted by molar-refractivity contribution is -0.169. The molecule has 4 heteroatoms. The van der Waals surface area contributed by atoms with Crippen LogP contribution >= 0.6 is 0 Å². The first-order valence-corrected chi connectivity index (χ1v) is 3.95. The molecule has 12 heavy (non-hydrogen) atoms. The molecule has 0 atom stereocenters. The first-order valence-electron chi connectivity index (χ1n) is 3.95. The van der Waals surface area contributed by atoms with Gasteiger partial charge in [-0.1, -0.05) is 0 Å². The molecule has 0 saturated carbocycles. The molecule has 0 aliphatic carbocycles. The van der Waals surface area contributed by atoms with Gasteiger partial charge in [-0.05, 0) is 20.3 Å². The van der Waals surface area contributed by atoms with Gasteiger partial charge in [-0.2, -0.15) is 8.78 Å². The number of hydrogen-bond donors (Lipinski definition) is 0. The van der Waals surface area contributed by atoms with E-state index in [1.807, 2.05) is 0 Å². The second-order valence-corrected chi connectivity index (χ2v) is 3.91. The summed E-state index contributed by atoms with van der Waals surface area (Å²) in [7, 11) is 0. The first kappa shape index (κ1) is 9.42. The van der Waals surface area contributed by atoms with Crippen LogP contribution in [0.2, 0.25) is 0 Å². The molecule has 0 spiro atoms. The Bertz CT molecular complexity index is 208. The highest BCUT2D eigenvalue weighted by Crippen LogP contribution is 2.32. The normalized spacial score (nSPS) is 21.9. The number of likely N-dealkylation sites (tertiary alicyclic amines) is 1. The Labute approximate surface area is 70.5 Å². The van der Waals surface area contributed by atoms with Crippen molar-refractivity contribution in [3.63, 3.8) is 0 Å². The Kier molecular flexibility index (Phi) is 1.89. The summed E-state index contributed by atoms with van der Waals surface area (Å²) < 4.78 is 25.1. The van der Waals surface area contributed by atoms with Crippen molar-refractivity contribution in [3.8, 4) is 0 Å². The van der Waals surface area contributed by atoms with Crippen molar-refractivity contribution in [2.75, 3.05) is 6.54 Å². The standard InChI is InChI=1S/C8H13F2NO/c1-7(2)4-5-11(7)6(12)8(3,9)10/h4-5H2,1-3H3. The van der Waals surface area contributed by atoms with Crippen molar-refractivity contribution in [2.24, 2.45) is 0 Å². The summed E-state index contributed by atoms with van der Waals surface area (Å²) in [4.78, 5) is 12.3. The lowest BCUT2D eigenvalue weighted by Gasteiger charge is -2.49. The van der Waals surface area contributed by atoms with Crippen LogP contribution in [0.1, 0.15) is 27.2 Å². The highest BCUT2D eigenvalue weighted by molar-refractivity contribution is 5.84. The molecule has 1 aliphatic rings. The summed E-state index contributed by atoms with van der Waals surface area (Å²) in [6.45, 7) is 4.68. The zero-order valence-electron chi connectivity index (χ0n) is 7.53. The summed E-state index contributed by atoms with van der Waals surface area (Å²) in [6, 6.07) is 0. The van der Waals surface area contributed by atoms with Crippen LogP contribution < -0.4 is 0 Å². The van der Waals surface area contributed by atoms with E-state index in [-0.39, 0.29) is 5.54 Å². The lowest BCUT2D eigenvalue weighted by atomic mass is 9.88. The minimum atomic E-state index is -3.22. The van der Waals surface area contributed by atoms with Gasteiger partial charge in [0.05, 0.1) is 0 Å². The fourth-order valence-corrected chi connectivity index (χ4v) is 1.28. The molecule has 1 amide bonds.